The number of nitrogens with zero attached hydrogens (tertiary/aromatic N) is 1. The Morgan fingerprint density at radius 2 is 2.06 bits per heavy atom. The van der Waals surface area contributed by atoms with Crippen molar-refractivity contribution >= 4 is 23.6 Å². The lowest BCUT2D eigenvalue weighted by Gasteiger charge is -2.37. The Balaban J connectivity index is 1.50. The van der Waals surface area contributed by atoms with E-state index in [1.807, 2.05) is 47.4 Å². The van der Waals surface area contributed by atoms with Crippen molar-refractivity contribution in [2.24, 2.45) is 5.41 Å². The van der Waals surface area contributed by atoms with Gasteiger partial charge < -0.3 is 23.8 Å². The monoisotopic (exact) mass is 485 g/mol. The maximum atomic E-state index is 13.2. The molecule has 34 heavy (non-hydrogen) atoms. The van der Waals surface area contributed by atoms with Crippen molar-refractivity contribution < 1.29 is 23.7 Å². The molecule has 2 aliphatic rings. The van der Waals surface area contributed by atoms with E-state index in [1.165, 1.54) is 0 Å². The summed E-state index contributed by atoms with van der Waals surface area (Å²) in [6.45, 7) is 5.78. The first-order chi connectivity index (χ1) is 16.5. The Hall–Kier alpha value is -2.54. The van der Waals surface area contributed by atoms with Crippen LogP contribution in [0.15, 0.2) is 48.5 Å². The molecule has 2 aliphatic heterocycles. The average Bonchev–Trinajstić information content (AvgIpc) is 3.33. The first kappa shape index (κ1) is 24.6. The Labute approximate surface area is 206 Å². The normalized spacial score (nSPS) is 19.1. The number of carbonyl (C=O) groups excluding carboxylic acids is 1. The van der Waals surface area contributed by atoms with Crippen LogP contribution in [0.3, 0.4) is 0 Å². The third-order valence-electron chi connectivity index (χ3n) is 6.15. The molecule has 0 unspecified atom stereocenters. The molecule has 1 amide bonds. The standard InChI is InChI=1S/C27H32ClNO5/c1-27(17-32-18-27)19-34-25-14-20(9-11-24(25)31-2)15-29(16-22-7-5-13-33-22)26(30)12-10-21-6-3-4-8-23(21)28/h3-4,6,8-12,14,22H,5,7,13,15-19H2,1-2H3/b12-10+/t22-/m0/s1. The molecule has 7 heteroatoms. The molecule has 2 heterocycles. The first-order valence-corrected chi connectivity index (χ1v) is 12.0. The van der Waals surface area contributed by atoms with Gasteiger partial charge in [0.2, 0.25) is 5.91 Å². The van der Waals surface area contributed by atoms with Crippen molar-refractivity contribution in [2.75, 3.05) is 40.1 Å². The molecular weight excluding hydrogens is 454 g/mol. The van der Waals surface area contributed by atoms with Gasteiger partial charge in [0.15, 0.2) is 11.5 Å². The van der Waals surface area contributed by atoms with Crippen LogP contribution in [0.1, 0.15) is 30.9 Å². The fourth-order valence-corrected chi connectivity index (χ4v) is 4.28. The van der Waals surface area contributed by atoms with Crippen LogP contribution >= 0.6 is 11.6 Å². The Kier molecular flexibility index (Phi) is 8.14. The predicted molar refractivity (Wildman–Crippen MR) is 132 cm³/mol. The number of benzene rings is 2. The van der Waals surface area contributed by atoms with Gasteiger partial charge in [-0.3, -0.25) is 4.79 Å². The average molecular weight is 486 g/mol. The molecule has 0 N–H and O–H groups in total. The predicted octanol–water partition coefficient (Wildman–Crippen LogP) is 4.98. The summed E-state index contributed by atoms with van der Waals surface area (Å²) < 4.78 is 22.7. The number of rotatable bonds is 10. The second-order valence-corrected chi connectivity index (χ2v) is 9.69. The van der Waals surface area contributed by atoms with Crippen LogP contribution in [0.25, 0.3) is 6.08 Å². The topological polar surface area (TPSA) is 57.2 Å². The van der Waals surface area contributed by atoms with E-state index in [4.69, 9.17) is 30.5 Å². The molecule has 0 bridgehead atoms. The van der Waals surface area contributed by atoms with E-state index in [0.717, 1.165) is 30.6 Å². The molecule has 2 saturated heterocycles. The van der Waals surface area contributed by atoms with E-state index in [-0.39, 0.29) is 17.4 Å². The van der Waals surface area contributed by atoms with Crippen molar-refractivity contribution in [3.63, 3.8) is 0 Å². The molecule has 1 atom stereocenters. The second kappa shape index (κ2) is 11.3. The molecule has 0 aliphatic carbocycles. The van der Waals surface area contributed by atoms with Crippen LogP contribution in [0.5, 0.6) is 11.5 Å². The van der Waals surface area contributed by atoms with Crippen molar-refractivity contribution in [1.82, 2.24) is 4.90 Å². The highest BCUT2D eigenvalue weighted by Gasteiger charge is 2.34. The summed E-state index contributed by atoms with van der Waals surface area (Å²) in [5, 5.41) is 0.611. The van der Waals surface area contributed by atoms with Crippen molar-refractivity contribution in [1.29, 1.82) is 0 Å². The van der Waals surface area contributed by atoms with Crippen molar-refractivity contribution in [3.8, 4) is 11.5 Å². The van der Waals surface area contributed by atoms with Gasteiger partial charge in [-0.2, -0.15) is 0 Å². The Bertz CT molecular complexity index is 1010. The summed E-state index contributed by atoms with van der Waals surface area (Å²) in [6, 6.07) is 13.3. The van der Waals surface area contributed by atoms with Crippen LogP contribution in [0.4, 0.5) is 0 Å². The number of amides is 1. The minimum absolute atomic E-state index is 0.0202. The molecular formula is C27H32ClNO5. The smallest absolute Gasteiger partial charge is 0.246 e. The van der Waals surface area contributed by atoms with E-state index in [9.17, 15) is 4.79 Å². The summed E-state index contributed by atoms with van der Waals surface area (Å²) in [7, 11) is 1.63. The number of ether oxygens (including phenoxy) is 4. The zero-order valence-electron chi connectivity index (χ0n) is 19.8. The van der Waals surface area contributed by atoms with Crippen molar-refractivity contribution in [3.05, 3.63) is 64.7 Å². The highest BCUT2D eigenvalue weighted by molar-refractivity contribution is 6.32. The minimum Gasteiger partial charge on any atom is -0.493 e. The fourth-order valence-electron chi connectivity index (χ4n) is 4.08. The van der Waals surface area contributed by atoms with Gasteiger partial charge in [-0.15, -0.1) is 0 Å². The van der Waals surface area contributed by atoms with Gasteiger partial charge in [0.05, 0.1) is 33.0 Å². The number of methoxy groups -OCH3 is 1. The molecule has 2 fully saturated rings. The van der Waals surface area contributed by atoms with Crippen LogP contribution < -0.4 is 9.47 Å². The van der Waals surface area contributed by atoms with Crippen LogP contribution in [-0.4, -0.2) is 57.0 Å². The summed E-state index contributed by atoms with van der Waals surface area (Å²) in [5.41, 5.74) is 1.79. The largest absolute Gasteiger partial charge is 0.493 e. The lowest BCUT2D eigenvalue weighted by Crippen LogP contribution is -2.44. The summed E-state index contributed by atoms with van der Waals surface area (Å²) in [5.74, 6) is 1.25. The first-order valence-electron chi connectivity index (χ1n) is 11.7. The highest BCUT2D eigenvalue weighted by atomic mass is 35.5. The van der Waals surface area contributed by atoms with E-state index in [2.05, 4.69) is 6.92 Å². The SMILES string of the molecule is COc1ccc(CN(C[C@@H]2CCCO2)C(=O)/C=C/c2ccccc2Cl)cc1OCC1(C)COC1. The summed E-state index contributed by atoms with van der Waals surface area (Å²) >= 11 is 6.25. The lowest BCUT2D eigenvalue weighted by molar-refractivity contribution is -0.128. The van der Waals surface area contributed by atoms with E-state index < -0.39 is 0 Å². The fraction of sp³-hybridized carbons (Fsp3) is 0.444. The third kappa shape index (κ3) is 6.32. The van der Waals surface area contributed by atoms with Gasteiger partial charge in [-0.25, -0.2) is 0 Å². The van der Waals surface area contributed by atoms with Crippen LogP contribution in [0.2, 0.25) is 5.02 Å². The quantitative estimate of drug-likeness (QED) is 0.444. The zero-order chi connectivity index (χ0) is 24.0. The van der Waals surface area contributed by atoms with E-state index in [1.54, 1.807) is 19.3 Å². The molecule has 0 saturated carbocycles. The van der Waals surface area contributed by atoms with Crippen molar-refractivity contribution in [2.45, 2.75) is 32.4 Å². The number of carbonyl (C=O) groups is 1. The van der Waals surface area contributed by atoms with Crippen LogP contribution in [0, 0.1) is 5.41 Å². The number of hydrogen-bond donors (Lipinski definition) is 0. The molecule has 0 radical (unpaired) electrons. The van der Waals surface area contributed by atoms with Gasteiger partial charge in [-0.05, 0) is 48.2 Å². The number of hydrogen-bond acceptors (Lipinski definition) is 5. The maximum Gasteiger partial charge on any atom is 0.246 e. The molecule has 0 aromatic heterocycles. The maximum absolute atomic E-state index is 13.2. The lowest BCUT2D eigenvalue weighted by atomic mass is 9.90. The molecule has 2 aromatic rings. The minimum atomic E-state index is -0.0900. The van der Waals surface area contributed by atoms with Crippen LogP contribution in [-0.2, 0) is 20.8 Å². The number of halogens is 1. The summed E-state index contributed by atoms with van der Waals surface area (Å²) in [4.78, 5) is 15.0. The third-order valence-corrected chi connectivity index (χ3v) is 6.49. The van der Waals surface area contributed by atoms with Gasteiger partial charge >= 0.3 is 0 Å². The molecule has 2 aromatic carbocycles. The molecule has 0 spiro atoms. The Morgan fingerprint density at radius 1 is 1.24 bits per heavy atom. The molecule has 182 valence electrons. The Morgan fingerprint density at radius 3 is 2.74 bits per heavy atom. The van der Waals surface area contributed by atoms with Gasteiger partial charge in [0, 0.05) is 36.2 Å². The van der Waals surface area contributed by atoms with Gasteiger partial charge in [0.1, 0.15) is 0 Å². The van der Waals surface area contributed by atoms with E-state index >= 15 is 0 Å². The second-order valence-electron chi connectivity index (χ2n) is 9.29. The highest BCUT2D eigenvalue weighted by Crippen LogP contribution is 2.33. The van der Waals surface area contributed by atoms with Gasteiger partial charge in [-0.1, -0.05) is 42.8 Å². The molecule has 4 rings (SSSR count). The summed E-state index contributed by atoms with van der Waals surface area (Å²) in [6.07, 6.45) is 5.36. The van der Waals surface area contributed by atoms with E-state index in [0.29, 0.717) is 49.4 Å². The molecule has 6 nitrogen and oxygen atoms in total. The zero-order valence-corrected chi connectivity index (χ0v) is 20.6. The van der Waals surface area contributed by atoms with Gasteiger partial charge in [0.25, 0.3) is 0 Å².